The lowest BCUT2D eigenvalue weighted by molar-refractivity contribution is 0.569. The fourth-order valence-corrected chi connectivity index (χ4v) is 2.02. The average molecular weight is 208 g/mol. The molecule has 2 aromatic heterocycles. The van der Waals surface area contributed by atoms with Crippen LogP contribution in [0.15, 0.2) is 23.7 Å². The van der Waals surface area contributed by atoms with Crippen LogP contribution in [-0.2, 0) is 6.54 Å². The number of thiophene rings is 1. The third-order valence-electron chi connectivity index (χ3n) is 1.97. The zero-order valence-corrected chi connectivity index (χ0v) is 8.57. The number of hydrogen-bond acceptors (Lipinski definition) is 4. The molecule has 5 heteroatoms. The van der Waals surface area contributed by atoms with Crippen molar-refractivity contribution < 1.29 is 0 Å². The lowest BCUT2D eigenvalue weighted by Gasteiger charge is -2.02. The molecule has 0 aromatic carbocycles. The monoisotopic (exact) mass is 208 g/mol. The van der Waals surface area contributed by atoms with E-state index < -0.39 is 0 Å². The second-order valence-electron chi connectivity index (χ2n) is 2.96. The maximum absolute atomic E-state index is 5.45. The van der Waals surface area contributed by atoms with E-state index in [0.717, 1.165) is 18.7 Å². The first-order valence-electron chi connectivity index (χ1n) is 4.54. The summed E-state index contributed by atoms with van der Waals surface area (Å²) in [6.45, 7) is 1.52. The minimum absolute atomic E-state index is 0.684. The molecular formula is C9H12N4S. The van der Waals surface area contributed by atoms with Gasteiger partial charge in [-0.25, -0.2) is 4.68 Å². The van der Waals surface area contributed by atoms with Gasteiger partial charge in [0.05, 0.1) is 16.8 Å². The zero-order valence-electron chi connectivity index (χ0n) is 7.76. The highest BCUT2D eigenvalue weighted by Gasteiger charge is 2.06. The Morgan fingerprint density at radius 1 is 1.50 bits per heavy atom. The molecule has 14 heavy (non-hydrogen) atoms. The average Bonchev–Trinajstić information content (AvgIpc) is 2.84. The van der Waals surface area contributed by atoms with Crippen molar-refractivity contribution in [2.75, 3.05) is 6.54 Å². The Morgan fingerprint density at radius 3 is 3.14 bits per heavy atom. The summed E-state index contributed by atoms with van der Waals surface area (Å²) >= 11 is 1.70. The largest absolute Gasteiger partial charge is 0.330 e. The smallest absolute Gasteiger partial charge is 0.0985 e. The molecule has 0 aliphatic rings. The van der Waals surface area contributed by atoms with Gasteiger partial charge in [-0.15, -0.1) is 16.4 Å². The van der Waals surface area contributed by atoms with E-state index in [2.05, 4.69) is 21.8 Å². The van der Waals surface area contributed by atoms with Crippen LogP contribution in [0.3, 0.4) is 0 Å². The predicted octanol–water partition coefficient (Wildman–Crippen LogP) is 1.36. The van der Waals surface area contributed by atoms with Gasteiger partial charge in [-0.2, -0.15) is 0 Å². The van der Waals surface area contributed by atoms with Gasteiger partial charge in [-0.05, 0) is 24.4 Å². The third kappa shape index (κ3) is 1.83. The molecule has 0 unspecified atom stereocenters. The lowest BCUT2D eigenvalue weighted by atomic mass is 10.3. The van der Waals surface area contributed by atoms with E-state index in [4.69, 9.17) is 5.73 Å². The van der Waals surface area contributed by atoms with Crippen LogP contribution < -0.4 is 5.73 Å². The maximum Gasteiger partial charge on any atom is 0.0985 e. The van der Waals surface area contributed by atoms with Gasteiger partial charge >= 0.3 is 0 Å². The zero-order chi connectivity index (χ0) is 9.80. The Bertz CT molecular complexity index is 379. The van der Waals surface area contributed by atoms with Crippen LogP contribution in [-0.4, -0.2) is 21.5 Å². The maximum atomic E-state index is 5.45. The fourth-order valence-electron chi connectivity index (χ4n) is 1.28. The van der Waals surface area contributed by atoms with Crippen LogP contribution in [0.1, 0.15) is 6.42 Å². The van der Waals surface area contributed by atoms with E-state index >= 15 is 0 Å². The van der Waals surface area contributed by atoms with Crippen LogP contribution >= 0.6 is 11.3 Å². The number of rotatable bonds is 4. The van der Waals surface area contributed by atoms with E-state index in [1.807, 2.05) is 10.7 Å². The molecule has 0 atom stereocenters. The summed E-state index contributed by atoms with van der Waals surface area (Å²) in [7, 11) is 0. The first kappa shape index (κ1) is 9.36. The summed E-state index contributed by atoms with van der Waals surface area (Å²) < 4.78 is 1.90. The Morgan fingerprint density at radius 2 is 2.43 bits per heavy atom. The van der Waals surface area contributed by atoms with E-state index in [1.54, 1.807) is 17.5 Å². The highest BCUT2D eigenvalue weighted by molar-refractivity contribution is 7.13. The van der Waals surface area contributed by atoms with Gasteiger partial charge in [0.1, 0.15) is 0 Å². The number of aryl methyl sites for hydroxylation is 1. The van der Waals surface area contributed by atoms with Crippen molar-refractivity contribution in [2.45, 2.75) is 13.0 Å². The SMILES string of the molecule is NCCCn1nncc1-c1cccs1. The Labute approximate surface area is 86.4 Å². The summed E-state index contributed by atoms with van der Waals surface area (Å²) in [5.74, 6) is 0. The number of nitrogens with two attached hydrogens (primary N) is 1. The minimum atomic E-state index is 0.684. The molecule has 2 aromatic rings. The second kappa shape index (κ2) is 4.34. The molecule has 4 nitrogen and oxygen atoms in total. The van der Waals surface area contributed by atoms with E-state index in [1.165, 1.54) is 4.88 Å². The summed E-state index contributed by atoms with van der Waals surface area (Å²) in [6, 6.07) is 4.10. The van der Waals surface area contributed by atoms with Crippen molar-refractivity contribution in [3.8, 4) is 10.6 Å². The lowest BCUT2D eigenvalue weighted by Crippen LogP contribution is -2.07. The molecule has 0 bridgehead atoms. The van der Waals surface area contributed by atoms with Gasteiger partial charge in [-0.1, -0.05) is 11.3 Å². The van der Waals surface area contributed by atoms with Gasteiger partial charge in [0.15, 0.2) is 0 Å². The van der Waals surface area contributed by atoms with Crippen LogP contribution in [0.5, 0.6) is 0 Å². The summed E-state index contributed by atoms with van der Waals surface area (Å²) in [4.78, 5) is 1.20. The molecule has 0 saturated heterocycles. The molecule has 0 fully saturated rings. The molecular weight excluding hydrogens is 196 g/mol. The number of aromatic nitrogens is 3. The highest BCUT2D eigenvalue weighted by Crippen LogP contribution is 2.23. The first-order valence-corrected chi connectivity index (χ1v) is 5.42. The molecule has 0 amide bonds. The van der Waals surface area contributed by atoms with Gasteiger partial charge in [0, 0.05) is 6.54 Å². The van der Waals surface area contributed by atoms with Crippen molar-refractivity contribution in [3.05, 3.63) is 23.7 Å². The normalized spacial score (nSPS) is 10.6. The standard InChI is InChI=1S/C9H12N4S/c10-4-2-5-13-8(7-11-12-13)9-3-1-6-14-9/h1,3,6-7H,2,4-5,10H2. The summed E-state index contributed by atoms with van der Waals surface area (Å²) in [5.41, 5.74) is 6.53. The molecule has 0 radical (unpaired) electrons. The minimum Gasteiger partial charge on any atom is -0.330 e. The molecule has 2 N–H and O–H groups in total. The van der Waals surface area contributed by atoms with Gasteiger partial charge in [0.25, 0.3) is 0 Å². The van der Waals surface area contributed by atoms with Crippen LogP contribution in [0, 0.1) is 0 Å². The summed E-state index contributed by atoms with van der Waals surface area (Å²) in [6.07, 6.45) is 2.73. The molecule has 0 aliphatic carbocycles. The van der Waals surface area contributed by atoms with Crippen LogP contribution in [0.2, 0.25) is 0 Å². The van der Waals surface area contributed by atoms with Crippen molar-refractivity contribution in [3.63, 3.8) is 0 Å². The van der Waals surface area contributed by atoms with Gasteiger partial charge in [-0.3, -0.25) is 0 Å². The van der Waals surface area contributed by atoms with Gasteiger partial charge in [0.2, 0.25) is 0 Å². The molecule has 2 heterocycles. The van der Waals surface area contributed by atoms with E-state index in [9.17, 15) is 0 Å². The Balaban J connectivity index is 2.22. The van der Waals surface area contributed by atoms with E-state index in [-0.39, 0.29) is 0 Å². The summed E-state index contributed by atoms with van der Waals surface area (Å²) in [5, 5.41) is 9.99. The number of nitrogens with zero attached hydrogens (tertiary/aromatic N) is 3. The fraction of sp³-hybridized carbons (Fsp3) is 0.333. The van der Waals surface area contributed by atoms with Crippen LogP contribution in [0.4, 0.5) is 0 Å². The van der Waals surface area contributed by atoms with Crippen LogP contribution in [0.25, 0.3) is 10.6 Å². The topological polar surface area (TPSA) is 56.7 Å². The third-order valence-corrected chi connectivity index (χ3v) is 2.86. The van der Waals surface area contributed by atoms with Crippen molar-refractivity contribution in [1.82, 2.24) is 15.0 Å². The van der Waals surface area contributed by atoms with Gasteiger partial charge < -0.3 is 5.73 Å². The predicted molar refractivity (Wildman–Crippen MR) is 57.0 cm³/mol. The molecule has 74 valence electrons. The number of hydrogen-bond donors (Lipinski definition) is 1. The quantitative estimate of drug-likeness (QED) is 0.825. The Hall–Kier alpha value is -1.20. The Kier molecular flexibility index (Phi) is 2.90. The van der Waals surface area contributed by atoms with Crippen molar-refractivity contribution in [1.29, 1.82) is 0 Å². The van der Waals surface area contributed by atoms with E-state index in [0.29, 0.717) is 6.54 Å². The van der Waals surface area contributed by atoms with Crippen molar-refractivity contribution >= 4 is 11.3 Å². The van der Waals surface area contributed by atoms with Crippen molar-refractivity contribution in [2.24, 2.45) is 5.73 Å². The molecule has 0 saturated carbocycles. The molecule has 0 aliphatic heterocycles. The molecule has 2 rings (SSSR count). The highest BCUT2D eigenvalue weighted by atomic mass is 32.1. The second-order valence-corrected chi connectivity index (χ2v) is 3.91. The first-order chi connectivity index (χ1) is 6.92. The molecule has 0 spiro atoms.